The molecule has 0 spiro atoms. The highest BCUT2D eigenvalue weighted by Gasteiger charge is 2.17. The standard InChI is InChI=1S/C21H22N4O2/c1-3-17-19(15-8-5-4-6-9-15)20-22-14-16-18(25(20)23-17)10-12-24(21(16)26)11-7-13-27-2/h4-6,8-10,12,14H,3,7,11,13H2,1-2H3. The van der Waals surface area contributed by atoms with Crippen molar-refractivity contribution in [3.63, 3.8) is 0 Å². The van der Waals surface area contributed by atoms with Crippen molar-refractivity contribution in [2.45, 2.75) is 26.3 Å². The van der Waals surface area contributed by atoms with Gasteiger partial charge in [0.1, 0.15) is 0 Å². The van der Waals surface area contributed by atoms with E-state index >= 15 is 0 Å². The molecule has 0 saturated heterocycles. The molecule has 3 aromatic heterocycles. The van der Waals surface area contributed by atoms with E-state index in [2.05, 4.69) is 24.0 Å². The van der Waals surface area contributed by atoms with Crippen LogP contribution in [0.5, 0.6) is 0 Å². The molecule has 4 rings (SSSR count). The first-order valence-corrected chi connectivity index (χ1v) is 9.18. The number of nitrogens with zero attached hydrogens (tertiary/aromatic N) is 4. The lowest BCUT2D eigenvalue weighted by atomic mass is 10.0. The van der Waals surface area contributed by atoms with Crippen LogP contribution < -0.4 is 5.56 Å². The topological polar surface area (TPSA) is 61.4 Å². The summed E-state index contributed by atoms with van der Waals surface area (Å²) < 4.78 is 8.59. The number of benzene rings is 1. The predicted molar refractivity (Wildman–Crippen MR) is 106 cm³/mol. The lowest BCUT2D eigenvalue weighted by Gasteiger charge is -2.08. The van der Waals surface area contributed by atoms with Gasteiger partial charge in [-0.15, -0.1) is 0 Å². The molecule has 0 N–H and O–H groups in total. The molecular formula is C21H22N4O2. The Bertz CT molecular complexity index is 1150. The van der Waals surface area contributed by atoms with Gasteiger partial charge in [-0.2, -0.15) is 5.10 Å². The van der Waals surface area contributed by atoms with Crippen LogP contribution in [0.4, 0.5) is 0 Å². The van der Waals surface area contributed by atoms with Gasteiger partial charge >= 0.3 is 0 Å². The summed E-state index contributed by atoms with van der Waals surface area (Å²) in [6.45, 7) is 3.33. The molecule has 1 aromatic carbocycles. The monoisotopic (exact) mass is 362 g/mol. The van der Waals surface area contributed by atoms with E-state index in [1.807, 2.05) is 30.5 Å². The molecular weight excluding hydrogens is 340 g/mol. The van der Waals surface area contributed by atoms with Crippen LogP contribution in [-0.4, -0.2) is 32.9 Å². The van der Waals surface area contributed by atoms with Crippen LogP contribution in [0.1, 0.15) is 19.0 Å². The number of rotatable bonds is 6. The number of pyridine rings is 1. The number of aromatic nitrogens is 4. The molecule has 0 amide bonds. The largest absolute Gasteiger partial charge is 0.385 e. The summed E-state index contributed by atoms with van der Waals surface area (Å²) in [4.78, 5) is 17.5. The van der Waals surface area contributed by atoms with Gasteiger partial charge in [-0.25, -0.2) is 9.50 Å². The SMILES string of the molecule is CCc1nn2c(ncc3c(=O)n(CCCOC)ccc32)c1-c1ccccc1. The van der Waals surface area contributed by atoms with Gasteiger partial charge in [0.2, 0.25) is 0 Å². The molecule has 0 atom stereocenters. The summed E-state index contributed by atoms with van der Waals surface area (Å²) in [5.74, 6) is 0. The summed E-state index contributed by atoms with van der Waals surface area (Å²) in [7, 11) is 1.66. The Hall–Kier alpha value is -2.99. The Morgan fingerprint density at radius 2 is 1.96 bits per heavy atom. The second kappa shape index (κ2) is 7.32. The van der Waals surface area contributed by atoms with Crippen molar-refractivity contribution in [2.75, 3.05) is 13.7 Å². The molecule has 0 aliphatic heterocycles. The molecule has 0 aliphatic rings. The van der Waals surface area contributed by atoms with Gasteiger partial charge in [0.15, 0.2) is 5.65 Å². The van der Waals surface area contributed by atoms with Gasteiger partial charge in [0.25, 0.3) is 5.56 Å². The zero-order chi connectivity index (χ0) is 18.8. The number of hydrogen-bond acceptors (Lipinski definition) is 4. The first-order valence-electron chi connectivity index (χ1n) is 9.18. The summed E-state index contributed by atoms with van der Waals surface area (Å²) in [5.41, 5.74) is 4.61. The quantitative estimate of drug-likeness (QED) is 0.494. The first kappa shape index (κ1) is 17.4. The summed E-state index contributed by atoms with van der Waals surface area (Å²) in [5, 5.41) is 5.34. The maximum atomic E-state index is 12.8. The van der Waals surface area contributed by atoms with E-state index < -0.39 is 0 Å². The van der Waals surface area contributed by atoms with Crippen molar-refractivity contribution in [3.8, 4) is 11.1 Å². The maximum absolute atomic E-state index is 12.8. The number of methoxy groups -OCH3 is 1. The van der Waals surface area contributed by atoms with Gasteiger partial charge in [-0.3, -0.25) is 4.79 Å². The Labute approximate surface area is 157 Å². The molecule has 0 unspecified atom stereocenters. The first-order chi connectivity index (χ1) is 13.2. The fraction of sp³-hybridized carbons (Fsp3) is 0.286. The lowest BCUT2D eigenvalue weighted by molar-refractivity contribution is 0.190. The summed E-state index contributed by atoms with van der Waals surface area (Å²) in [6.07, 6.45) is 5.09. The van der Waals surface area contributed by atoms with Crippen LogP contribution in [0.3, 0.4) is 0 Å². The van der Waals surface area contributed by atoms with E-state index in [9.17, 15) is 4.79 Å². The van der Waals surface area contributed by atoms with Gasteiger partial charge in [0.05, 0.1) is 16.6 Å². The maximum Gasteiger partial charge on any atom is 0.261 e. The van der Waals surface area contributed by atoms with Crippen molar-refractivity contribution in [3.05, 3.63) is 64.8 Å². The molecule has 0 bridgehead atoms. The number of aryl methyl sites for hydroxylation is 2. The van der Waals surface area contributed by atoms with Crippen LogP contribution in [0, 0.1) is 0 Å². The zero-order valence-electron chi connectivity index (χ0n) is 15.6. The Morgan fingerprint density at radius 3 is 2.70 bits per heavy atom. The van der Waals surface area contributed by atoms with E-state index in [0.717, 1.165) is 40.8 Å². The molecule has 138 valence electrons. The number of hydrogen-bond donors (Lipinski definition) is 0. The predicted octanol–water partition coefficient (Wildman–Crippen LogP) is 3.31. The normalized spacial score (nSPS) is 11.5. The minimum atomic E-state index is -0.0483. The van der Waals surface area contributed by atoms with Crippen LogP contribution in [0.15, 0.2) is 53.6 Å². The Balaban J connectivity index is 1.91. The molecule has 0 aliphatic carbocycles. The second-order valence-corrected chi connectivity index (χ2v) is 6.49. The fourth-order valence-electron chi connectivity index (χ4n) is 3.46. The van der Waals surface area contributed by atoms with E-state index in [0.29, 0.717) is 18.5 Å². The van der Waals surface area contributed by atoms with Crippen LogP contribution in [0.2, 0.25) is 0 Å². The van der Waals surface area contributed by atoms with Crippen molar-refractivity contribution in [1.82, 2.24) is 19.2 Å². The Morgan fingerprint density at radius 1 is 1.15 bits per heavy atom. The van der Waals surface area contributed by atoms with Crippen molar-refractivity contribution in [2.24, 2.45) is 0 Å². The molecule has 3 heterocycles. The smallest absolute Gasteiger partial charge is 0.261 e. The Kier molecular flexibility index (Phi) is 4.73. The highest BCUT2D eigenvalue weighted by atomic mass is 16.5. The molecule has 0 fully saturated rings. The summed E-state index contributed by atoms with van der Waals surface area (Å²) >= 11 is 0. The molecule has 4 aromatic rings. The van der Waals surface area contributed by atoms with Crippen LogP contribution in [-0.2, 0) is 17.7 Å². The van der Waals surface area contributed by atoms with Crippen LogP contribution >= 0.6 is 0 Å². The number of fused-ring (bicyclic) bond motifs is 3. The van der Waals surface area contributed by atoms with E-state index in [1.165, 1.54) is 0 Å². The van der Waals surface area contributed by atoms with Gasteiger partial charge in [-0.1, -0.05) is 37.3 Å². The molecule has 0 radical (unpaired) electrons. The third-order valence-electron chi connectivity index (χ3n) is 4.80. The molecule has 27 heavy (non-hydrogen) atoms. The lowest BCUT2D eigenvalue weighted by Crippen LogP contribution is -2.21. The van der Waals surface area contributed by atoms with Crippen molar-refractivity contribution < 1.29 is 4.74 Å². The third-order valence-corrected chi connectivity index (χ3v) is 4.80. The second-order valence-electron chi connectivity index (χ2n) is 6.49. The molecule has 6 nitrogen and oxygen atoms in total. The minimum absolute atomic E-state index is 0.0483. The van der Waals surface area contributed by atoms with Crippen LogP contribution in [0.25, 0.3) is 27.7 Å². The average Bonchev–Trinajstić information content (AvgIpc) is 3.09. The van der Waals surface area contributed by atoms with Crippen molar-refractivity contribution >= 4 is 16.6 Å². The average molecular weight is 362 g/mol. The summed E-state index contributed by atoms with van der Waals surface area (Å²) in [6, 6.07) is 12.1. The highest BCUT2D eigenvalue weighted by Crippen LogP contribution is 2.29. The fourth-order valence-corrected chi connectivity index (χ4v) is 3.46. The number of ether oxygens (including phenoxy) is 1. The van der Waals surface area contributed by atoms with Gasteiger partial charge in [-0.05, 0) is 24.5 Å². The zero-order valence-corrected chi connectivity index (χ0v) is 15.6. The molecule has 6 heteroatoms. The van der Waals surface area contributed by atoms with E-state index in [4.69, 9.17) is 9.84 Å². The van der Waals surface area contributed by atoms with E-state index in [1.54, 1.807) is 22.4 Å². The van der Waals surface area contributed by atoms with Crippen molar-refractivity contribution in [1.29, 1.82) is 0 Å². The minimum Gasteiger partial charge on any atom is -0.385 e. The molecule has 0 saturated carbocycles. The van der Waals surface area contributed by atoms with Gasteiger partial charge < -0.3 is 9.30 Å². The van der Waals surface area contributed by atoms with Gasteiger partial charge in [0, 0.05) is 38.2 Å². The highest BCUT2D eigenvalue weighted by molar-refractivity contribution is 5.86. The van der Waals surface area contributed by atoms with E-state index in [-0.39, 0.29) is 5.56 Å². The third kappa shape index (κ3) is 3.02.